The largest absolute Gasteiger partial charge is 0.338 e. The maximum atomic E-state index is 11.9. The van der Waals surface area contributed by atoms with Gasteiger partial charge in [-0.3, -0.25) is 9.69 Å². The molecule has 0 spiro atoms. The fourth-order valence-corrected chi connectivity index (χ4v) is 2.85. The van der Waals surface area contributed by atoms with E-state index < -0.39 is 0 Å². The van der Waals surface area contributed by atoms with Gasteiger partial charge in [0.2, 0.25) is 5.91 Å². The van der Waals surface area contributed by atoms with Crippen LogP contribution in [-0.4, -0.2) is 48.5 Å². The number of aryl methyl sites for hydroxylation is 2. The van der Waals surface area contributed by atoms with Gasteiger partial charge >= 0.3 is 12.1 Å². The predicted molar refractivity (Wildman–Crippen MR) is 95.3 cm³/mol. The summed E-state index contributed by atoms with van der Waals surface area (Å²) in [6.07, 6.45) is 1.29. The van der Waals surface area contributed by atoms with Crippen LogP contribution in [0.3, 0.4) is 0 Å². The Balaban J connectivity index is 1.67. The first kappa shape index (κ1) is 18.8. The second-order valence-electron chi connectivity index (χ2n) is 6.49. The van der Waals surface area contributed by atoms with Crippen LogP contribution in [0.25, 0.3) is 0 Å². The van der Waals surface area contributed by atoms with Crippen molar-refractivity contribution in [1.29, 1.82) is 0 Å². The molecule has 1 aromatic rings. The van der Waals surface area contributed by atoms with Gasteiger partial charge in [-0.2, -0.15) is 0 Å². The summed E-state index contributed by atoms with van der Waals surface area (Å²) in [5, 5.41) is 8.13. The van der Waals surface area contributed by atoms with E-state index in [4.69, 9.17) is 0 Å². The van der Waals surface area contributed by atoms with E-state index in [1.54, 1.807) is 0 Å². The van der Waals surface area contributed by atoms with Crippen molar-refractivity contribution in [1.82, 2.24) is 20.9 Å². The number of carbonyl (C=O) groups is 3. The number of nitrogens with one attached hydrogen (secondary N) is 3. The minimum absolute atomic E-state index is 0.00680. The molecule has 1 heterocycles. The summed E-state index contributed by atoms with van der Waals surface area (Å²) < 4.78 is 0. The van der Waals surface area contributed by atoms with Crippen LogP contribution in [0.5, 0.6) is 0 Å². The van der Waals surface area contributed by atoms with Crippen molar-refractivity contribution in [2.45, 2.75) is 39.7 Å². The van der Waals surface area contributed by atoms with E-state index in [2.05, 4.69) is 48.0 Å². The molecule has 5 amide bonds. The van der Waals surface area contributed by atoms with E-state index in [9.17, 15) is 14.4 Å². The lowest BCUT2D eigenvalue weighted by molar-refractivity contribution is -0.125. The number of hydrogen-bond donors (Lipinski definition) is 3. The standard InChI is InChI=1S/C18H26N4O3/c1-12-5-6-15(13(2)9-12)10-14(3)21-17(24)19-7-4-8-22-16(23)11-20-18(22)25/h5-6,9,14H,4,7-8,10-11H2,1-3H3,(H,20,25)(H2,19,21,24)/t14-/m0/s1. The summed E-state index contributed by atoms with van der Waals surface area (Å²) >= 11 is 0. The van der Waals surface area contributed by atoms with Crippen LogP contribution in [-0.2, 0) is 11.2 Å². The Morgan fingerprint density at radius 2 is 2.08 bits per heavy atom. The quantitative estimate of drug-likeness (QED) is 0.516. The molecule has 1 aliphatic rings. The zero-order chi connectivity index (χ0) is 18.4. The Bertz CT molecular complexity index is 644. The number of urea groups is 2. The smallest absolute Gasteiger partial charge is 0.324 e. The molecule has 0 bridgehead atoms. The van der Waals surface area contributed by atoms with E-state index in [0.29, 0.717) is 19.5 Å². The average molecular weight is 346 g/mol. The minimum atomic E-state index is -0.364. The van der Waals surface area contributed by atoms with Gasteiger partial charge in [-0.05, 0) is 44.7 Å². The highest BCUT2D eigenvalue weighted by Gasteiger charge is 2.27. The lowest BCUT2D eigenvalue weighted by Gasteiger charge is -2.17. The second kappa shape index (κ2) is 8.50. The normalized spacial score (nSPS) is 15.1. The van der Waals surface area contributed by atoms with E-state index in [-0.39, 0.29) is 30.6 Å². The Morgan fingerprint density at radius 3 is 2.72 bits per heavy atom. The lowest BCUT2D eigenvalue weighted by Crippen LogP contribution is -2.42. The molecule has 0 aromatic heterocycles. The van der Waals surface area contributed by atoms with Crippen molar-refractivity contribution in [3.05, 3.63) is 34.9 Å². The average Bonchev–Trinajstić information content (AvgIpc) is 2.85. The number of nitrogens with zero attached hydrogens (tertiary/aromatic N) is 1. The third-order valence-corrected chi connectivity index (χ3v) is 4.18. The zero-order valence-electron chi connectivity index (χ0n) is 15.0. The van der Waals surface area contributed by atoms with Gasteiger partial charge in [-0.25, -0.2) is 9.59 Å². The van der Waals surface area contributed by atoms with Crippen molar-refractivity contribution in [2.24, 2.45) is 0 Å². The van der Waals surface area contributed by atoms with E-state index in [0.717, 1.165) is 6.42 Å². The van der Waals surface area contributed by atoms with Gasteiger partial charge in [-0.1, -0.05) is 23.8 Å². The van der Waals surface area contributed by atoms with E-state index in [1.807, 2.05) is 6.92 Å². The van der Waals surface area contributed by atoms with Crippen molar-refractivity contribution in [3.63, 3.8) is 0 Å². The fourth-order valence-electron chi connectivity index (χ4n) is 2.85. The summed E-state index contributed by atoms with van der Waals surface area (Å²) in [6, 6.07) is 5.71. The molecule has 7 nitrogen and oxygen atoms in total. The number of imide groups is 1. The number of carbonyl (C=O) groups excluding carboxylic acids is 3. The molecule has 25 heavy (non-hydrogen) atoms. The van der Waals surface area contributed by atoms with Crippen molar-refractivity contribution in [2.75, 3.05) is 19.6 Å². The Labute approximate surface area is 148 Å². The monoisotopic (exact) mass is 346 g/mol. The summed E-state index contributed by atoms with van der Waals surface area (Å²) in [6.45, 7) is 6.87. The summed E-state index contributed by atoms with van der Waals surface area (Å²) in [4.78, 5) is 35.9. The van der Waals surface area contributed by atoms with Gasteiger partial charge in [0.1, 0.15) is 0 Å². The van der Waals surface area contributed by atoms with Crippen LogP contribution in [0.4, 0.5) is 9.59 Å². The molecule has 136 valence electrons. The topological polar surface area (TPSA) is 90.5 Å². The molecule has 0 saturated carbocycles. The van der Waals surface area contributed by atoms with E-state index >= 15 is 0 Å². The third-order valence-electron chi connectivity index (χ3n) is 4.18. The molecule has 0 radical (unpaired) electrons. The second-order valence-corrected chi connectivity index (χ2v) is 6.49. The van der Waals surface area contributed by atoms with Crippen LogP contribution in [0, 0.1) is 13.8 Å². The molecule has 1 aromatic carbocycles. The maximum absolute atomic E-state index is 11.9. The fraction of sp³-hybridized carbons (Fsp3) is 0.500. The van der Waals surface area contributed by atoms with Crippen molar-refractivity contribution >= 4 is 18.0 Å². The Morgan fingerprint density at radius 1 is 1.32 bits per heavy atom. The predicted octanol–water partition coefficient (Wildman–Crippen LogP) is 1.48. The summed E-state index contributed by atoms with van der Waals surface area (Å²) in [5.74, 6) is -0.225. The molecule has 7 heteroatoms. The zero-order valence-corrected chi connectivity index (χ0v) is 15.0. The summed E-state index contributed by atoms with van der Waals surface area (Å²) in [7, 11) is 0. The number of amides is 5. The molecular weight excluding hydrogens is 320 g/mol. The highest BCUT2D eigenvalue weighted by molar-refractivity contribution is 6.01. The van der Waals surface area contributed by atoms with Crippen LogP contribution < -0.4 is 16.0 Å². The molecule has 1 saturated heterocycles. The lowest BCUT2D eigenvalue weighted by atomic mass is 10.00. The Kier molecular flexibility index (Phi) is 6.38. The van der Waals surface area contributed by atoms with Crippen molar-refractivity contribution < 1.29 is 14.4 Å². The molecule has 0 aliphatic carbocycles. The van der Waals surface area contributed by atoms with Gasteiger partial charge in [0.15, 0.2) is 0 Å². The summed E-state index contributed by atoms with van der Waals surface area (Å²) in [5.41, 5.74) is 3.67. The number of benzene rings is 1. The first-order valence-corrected chi connectivity index (χ1v) is 8.55. The van der Waals surface area contributed by atoms with Crippen LogP contribution in [0.1, 0.15) is 30.0 Å². The molecule has 1 atom stereocenters. The highest BCUT2D eigenvalue weighted by Crippen LogP contribution is 2.12. The van der Waals surface area contributed by atoms with Gasteiger partial charge in [0.05, 0.1) is 6.54 Å². The van der Waals surface area contributed by atoms with Crippen LogP contribution >= 0.6 is 0 Å². The number of hydrogen-bond acceptors (Lipinski definition) is 3. The van der Waals surface area contributed by atoms with Gasteiger partial charge in [0.25, 0.3) is 0 Å². The highest BCUT2D eigenvalue weighted by atomic mass is 16.2. The molecular formula is C18H26N4O3. The first-order chi connectivity index (χ1) is 11.9. The molecule has 1 aliphatic heterocycles. The van der Waals surface area contributed by atoms with Crippen LogP contribution in [0.15, 0.2) is 18.2 Å². The van der Waals surface area contributed by atoms with Gasteiger partial charge in [-0.15, -0.1) is 0 Å². The first-order valence-electron chi connectivity index (χ1n) is 8.55. The van der Waals surface area contributed by atoms with Crippen LogP contribution in [0.2, 0.25) is 0 Å². The number of rotatable bonds is 7. The molecule has 0 unspecified atom stereocenters. The SMILES string of the molecule is Cc1ccc(C[C@H](C)NC(=O)NCCCN2C(=O)CNC2=O)c(C)c1. The maximum Gasteiger partial charge on any atom is 0.324 e. The molecule has 2 rings (SSSR count). The molecule has 1 fully saturated rings. The minimum Gasteiger partial charge on any atom is -0.338 e. The third kappa shape index (κ3) is 5.48. The Hall–Kier alpha value is -2.57. The van der Waals surface area contributed by atoms with Crippen molar-refractivity contribution in [3.8, 4) is 0 Å². The molecule has 3 N–H and O–H groups in total. The van der Waals surface area contributed by atoms with Gasteiger partial charge < -0.3 is 16.0 Å². The van der Waals surface area contributed by atoms with E-state index in [1.165, 1.54) is 21.6 Å². The van der Waals surface area contributed by atoms with Gasteiger partial charge in [0, 0.05) is 19.1 Å².